The molecule has 2 rings (SSSR count). The Kier molecular flexibility index (Phi) is 8.48. The molecule has 2 N–H and O–H groups in total. The van der Waals surface area contributed by atoms with E-state index in [2.05, 4.69) is 31.1 Å². The van der Waals surface area contributed by atoms with Gasteiger partial charge in [0.2, 0.25) is 0 Å². The van der Waals surface area contributed by atoms with Crippen LogP contribution in [-0.2, 0) is 6.54 Å². The highest BCUT2D eigenvalue weighted by molar-refractivity contribution is 7.09. The molecule has 2 heterocycles. The van der Waals surface area contributed by atoms with Crippen LogP contribution in [-0.4, -0.2) is 29.0 Å². The van der Waals surface area contributed by atoms with Gasteiger partial charge >= 0.3 is 0 Å². The van der Waals surface area contributed by atoms with E-state index in [1.807, 2.05) is 0 Å². The van der Waals surface area contributed by atoms with Crippen LogP contribution in [0, 0.1) is 5.92 Å². The van der Waals surface area contributed by atoms with Gasteiger partial charge in [0.05, 0.1) is 10.7 Å². The monoisotopic (exact) mass is 325 g/mol. The van der Waals surface area contributed by atoms with E-state index in [1.165, 1.54) is 10.7 Å². The molecule has 0 amide bonds. The Labute approximate surface area is 132 Å². The van der Waals surface area contributed by atoms with E-state index in [-0.39, 0.29) is 24.8 Å². The fraction of sp³-hybridized carbons (Fsp3) is 0.769. The van der Waals surface area contributed by atoms with Crippen LogP contribution in [0.2, 0.25) is 0 Å². The molecule has 0 spiro atoms. The van der Waals surface area contributed by atoms with Crippen molar-refractivity contribution in [2.75, 3.05) is 13.1 Å². The molecule has 2 atom stereocenters. The molecule has 1 aliphatic heterocycles. The van der Waals surface area contributed by atoms with Crippen molar-refractivity contribution in [3.8, 4) is 0 Å². The number of piperidine rings is 1. The summed E-state index contributed by atoms with van der Waals surface area (Å²) >= 11 is 1.79. The summed E-state index contributed by atoms with van der Waals surface area (Å²) in [4.78, 5) is 7.17. The van der Waals surface area contributed by atoms with Crippen molar-refractivity contribution in [1.29, 1.82) is 0 Å². The molecule has 1 fully saturated rings. The fourth-order valence-corrected chi connectivity index (χ4v) is 3.11. The third kappa shape index (κ3) is 5.20. The first-order valence-corrected chi connectivity index (χ1v) is 7.36. The maximum absolute atomic E-state index is 6.04. The molecular weight excluding hydrogens is 301 g/mol. The quantitative estimate of drug-likeness (QED) is 0.927. The lowest BCUT2D eigenvalue weighted by Gasteiger charge is -2.34. The summed E-state index contributed by atoms with van der Waals surface area (Å²) in [5.74, 6) is 1.15. The Morgan fingerprint density at radius 1 is 1.47 bits per heavy atom. The third-order valence-electron chi connectivity index (χ3n) is 3.50. The summed E-state index contributed by atoms with van der Waals surface area (Å²) in [6, 6.07) is 0.382. The van der Waals surface area contributed by atoms with Crippen LogP contribution in [0.5, 0.6) is 0 Å². The van der Waals surface area contributed by atoms with Crippen LogP contribution in [0.1, 0.15) is 43.8 Å². The SMILES string of the molecule is CC(C)c1nc(CN2CCC(N)C(C)C2)cs1.Cl.Cl. The summed E-state index contributed by atoms with van der Waals surface area (Å²) < 4.78 is 0. The second-order valence-electron chi connectivity index (χ2n) is 5.50. The van der Waals surface area contributed by atoms with Crippen molar-refractivity contribution in [2.24, 2.45) is 11.7 Å². The van der Waals surface area contributed by atoms with Gasteiger partial charge in [-0.25, -0.2) is 4.98 Å². The van der Waals surface area contributed by atoms with Gasteiger partial charge in [-0.05, 0) is 12.3 Å². The van der Waals surface area contributed by atoms with Gasteiger partial charge in [-0.1, -0.05) is 20.8 Å². The van der Waals surface area contributed by atoms with Crippen LogP contribution in [0.4, 0.5) is 0 Å². The number of nitrogens with two attached hydrogens (primary N) is 1. The van der Waals surface area contributed by atoms with Gasteiger partial charge in [0.25, 0.3) is 0 Å². The molecule has 1 aromatic rings. The fourth-order valence-electron chi connectivity index (χ4n) is 2.28. The minimum Gasteiger partial charge on any atom is -0.327 e. The number of hydrogen-bond acceptors (Lipinski definition) is 4. The highest BCUT2D eigenvalue weighted by atomic mass is 35.5. The smallest absolute Gasteiger partial charge is 0.0954 e. The summed E-state index contributed by atoms with van der Waals surface area (Å²) in [5, 5.41) is 3.45. The molecule has 0 radical (unpaired) electrons. The van der Waals surface area contributed by atoms with Crippen LogP contribution < -0.4 is 5.73 Å². The van der Waals surface area contributed by atoms with Gasteiger partial charge in [0.1, 0.15) is 0 Å². The highest BCUT2D eigenvalue weighted by Gasteiger charge is 2.23. The average molecular weight is 326 g/mol. The number of thiazole rings is 1. The summed E-state index contributed by atoms with van der Waals surface area (Å²) in [5.41, 5.74) is 7.26. The van der Waals surface area contributed by atoms with E-state index in [0.29, 0.717) is 17.9 Å². The van der Waals surface area contributed by atoms with Crippen molar-refractivity contribution < 1.29 is 0 Å². The molecule has 0 aliphatic carbocycles. The third-order valence-corrected chi connectivity index (χ3v) is 4.70. The molecule has 0 aromatic carbocycles. The predicted octanol–water partition coefficient (Wildman–Crippen LogP) is 3.28. The lowest BCUT2D eigenvalue weighted by Crippen LogP contribution is -2.45. The van der Waals surface area contributed by atoms with Gasteiger partial charge in [0, 0.05) is 37.0 Å². The largest absolute Gasteiger partial charge is 0.327 e. The molecule has 0 saturated carbocycles. The van der Waals surface area contributed by atoms with E-state index < -0.39 is 0 Å². The minimum atomic E-state index is 0. The molecule has 3 nitrogen and oxygen atoms in total. The number of nitrogens with zero attached hydrogens (tertiary/aromatic N) is 2. The van der Waals surface area contributed by atoms with E-state index >= 15 is 0 Å². The molecule has 2 unspecified atom stereocenters. The van der Waals surface area contributed by atoms with Crippen molar-refractivity contribution in [3.05, 3.63) is 16.1 Å². The summed E-state index contributed by atoms with van der Waals surface area (Å²) in [6.45, 7) is 9.85. The second kappa shape index (κ2) is 8.42. The average Bonchev–Trinajstić information content (AvgIpc) is 2.72. The Morgan fingerprint density at radius 2 is 2.16 bits per heavy atom. The second-order valence-corrected chi connectivity index (χ2v) is 6.39. The zero-order valence-electron chi connectivity index (χ0n) is 11.8. The summed E-state index contributed by atoms with van der Waals surface area (Å²) in [6.07, 6.45) is 1.11. The van der Waals surface area contributed by atoms with Crippen molar-refractivity contribution in [1.82, 2.24) is 9.88 Å². The predicted molar refractivity (Wildman–Crippen MR) is 87.7 cm³/mol. The lowest BCUT2D eigenvalue weighted by atomic mass is 9.95. The molecule has 19 heavy (non-hydrogen) atoms. The van der Waals surface area contributed by atoms with E-state index in [1.54, 1.807) is 11.3 Å². The van der Waals surface area contributed by atoms with Crippen LogP contribution >= 0.6 is 36.2 Å². The normalized spacial score (nSPS) is 23.8. The van der Waals surface area contributed by atoms with E-state index in [4.69, 9.17) is 10.7 Å². The van der Waals surface area contributed by atoms with E-state index in [0.717, 1.165) is 26.1 Å². The van der Waals surface area contributed by atoms with Crippen LogP contribution in [0.15, 0.2) is 5.38 Å². The molecule has 1 saturated heterocycles. The molecule has 1 aromatic heterocycles. The number of hydrogen-bond donors (Lipinski definition) is 1. The van der Waals surface area contributed by atoms with Gasteiger partial charge < -0.3 is 5.73 Å². The molecule has 0 bridgehead atoms. The first-order chi connectivity index (χ1) is 8.06. The number of halogens is 2. The van der Waals surface area contributed by atoms with Gasteiger partial charge in [-0.3, -0.25) is 4.90 Å². The zero-order valence-corrected chi connectivity index (χ0v) is 14.3. The Balaban J connectivity index is 0.00000162. The Bertz CT molecular complexity index is 371. The molecule has 112 valence electrons. The maximum Gasteiger partial charge on any atom is 0.0954 e. The lowest BCUT2D eigenvalue weighted by molar-refractivity contribution is 0.156. The van der Waals surface area contributed by atoms with E-state index in [9.17, 15) is 0 Å². The number of likely N-dealkylation sites (tertiary alicyclic amines) is 1. The maximum atomic E-state index is 6.04. The topological polar surface area (TPSA) is 42.2 Å². The first-order valence-electron chi connectivity index (χ1n) is 6.48. The van der Waals surface area contributed by atoms with Gasteiger partial charge in [-0.2, -0.15) is 0 Å². The molecule has 1 aliphatic rings. The minimum absolute atomic E-state index is 0. The highest BCUT2D eigenvalue weighted by Crippen LogP contribution is 2.22. The van der Waals surface area contributed by atoms with Crippen LogP contribution in [0.25, 0.3) is 0 Å². The molecular formula is C13H25Cl2N3S. The summed E-state index contributed by atoms with van der Waals surface area (Å²) in [7, 11) is 0. The zero-order chi connectivity index (χ0) is 12.4. The van der Waals surface area contributed by atoms with Crippen molar-refractivity contribution >= 4 is 36.2 Å². The van der Waals surface area contributed by atoms with Gasteiger partial charge in [-0.15, -0.1) is 36.2 Å². The first kappa shape index (κ1) is 19.1. The van der Waals surface area contributed by atoms with Gasteiger partial charge in [0.15, 0.2) is 0 Å². The van der Waals surface area contributed by atoms with Crippen LogP contribution in [0.3, 0.4) is 0 Å². The Morgan fingerprint density at radius 3 is 2.68 bits per heavy atom. The Hall–Kier alpha value is 0.130. The number of rotatable bonds is 3. The van der Waals surface area contributed by atoms with Crippen molar-refractivity contribution in [2.45, 2.75) is 45.7 Å². The standard InChI is InChI=1S/C13H23N3S.2ClH/c1-9(2)13-15-11(8-17-13)7-16-5-4-12(14)10(3)6-16;;/h8-10,12H,4-7,14H2,1-3H3;2*1H. The van der Waals surface area contributed by atoms with Crippen molar-refractivity contribution in [3.63, 3.8) is 0 Å². The molecule has 6 heteroatoms. The number of aromatic nitrogens is 1.